The van der Waals surface area contributed by atoms with Gasteiger partial charge in [-0.1, -0.05) is 67.8 Å². The fourth-order valence-corrected chi connectivity index (χ4v) is 5.77. The fourth-order valence-electron chi connectivity index (χ4n) is 4.97. The molecule has 2 N–H and O–H groups in total. The molecule has 1 saturated carbocycles. The molecule has 1 aliphatic carbocycles. The molecule has 6 heteroatoms. The summed E-state index contributed by atoms with van der Waals surface area (Å²) >= 11 is 1.61. The summed E-state index contributed by atoms with van der Waals surface area (Å²) in [5.41, 5.74) is 7.28. The summed E-state index contributed by atoms with van der Waals surface area (Å²) in [6, 6.07) is 24.6. The third-order valence-electron chi connectivity index (χ3n) is 7.17. The molecule has 1 aliphatic rings. The number of carboxylic acid groups (broad SMARTS) is 1. The van der Waals surface area contributed by atoms with Crippen molar-refractivity contribution in [1.29, 1.82) is 0 Å². The van der Waals surface area contributed by atoms with Gasteiger partial charge >= 0.3 is 5.97 Å². The largest absolute Gasteiger partial charge is 0.478 e. The van der Waals surface area contributed by atoms with Crippen molar-refractivity contribution in [3.05, 3.63) is 100 Å². The van der Waals surface area contributed by atoms with Gasteiger partial charge in [-0.05, 0) is 59.7 Å². The van der Waals surface area contributed by atoms with Crippen molar-refractivity contribution in [2.75, 3.05) is 17.3 Å². The Kier molecular flexibility index (Phi) is 7.85. The molecule has 37 heavy (non-hydrogen) atoms. The highest BCUT2D eigenvalue weighted by atomic mass is 32.1. The van der Waals surface area contributed by atoms with Crippen LogP contribution in [0.25, 0.3) is 11.3 Å². The predicted octanol–water partition coefficient (Wildman–Crippen LogP) is 7.80. The number of hydrogen-bond donors (Lipinski definition) is 2. The second-order valence-corrected chi connectivity index (χ2v) is 10.7. The zero-order chi connectivity index (χ0) is 25.6. The van der Waals surface area contributed by atoms with Gasteiger partial charge in [0.15, 0.2) is 5.13 Å². The van der Waals surface area contributed by atoms with Crippen LogP contribution in [-0.2, 0) is 13.1 Å². The number of thiazole rings is 1. The summed E-state index contributed by atoms with van der Waals surface area (Å²) < 4.78 is 0. The lowest BCUT2D eigenvalue weighted by Crippen LogP contribution is -2.16. The van der Waals surface area contributed by atoms with E-state index >= 15 is 0 Å². The smallest absolute Gasteiger partial charge is 0.335 e. The molecule has 5 rings (SSSR count). The molecule has 0 saturated heterocycles. The molecule has 0 spiro atoms. The van der Waals surface area contributed by atoms with Crippen molar-refractivity contribution in [3.8, 4) is 11.3 Å². The monoisotopic (exact) mass is 511 g/mol. The quantitative estimate of drug-likeness (QED) is 0.240. The Bertz CT molecular complexity index is 1310. The fraction of sp³-hybridized carbons (Fsp3) is 0.290. The van der Waals surface area contributed by atoms with Gasteiger partial charge in [0.25, 0.3) is 0 Å². The van der Waals surface area contributed by atoms with E-state index in [4.69, 9.17) is 10.1 Å². The SMILES string of the molecule is CN(Cc1ccc(C(=O)O)cc1)c1nc(-c2ccc(NCc3ccc(C4CCCCC4)cc3)cc2)cs1. The molecule has 0 unspecified atom stereocenters. The Labute approximate surface area is 222 Å². The van der Waals surface area contributed by atoms with Crippen LogP contribution >= 0.6 is 11.3 Å². The van der Waals surface area contributed by atoms with Crippen molar-refractivity contribution < 1.29 is 9.90 Å². The van der Waals surface area contributed by atoms with Gasteiger partial charge < -0.3 is 15.3 Å². The molecule has 4 aromatic rings. The van der Waals surface area contributed by atoms with Gasteiger partial charge in [-0.25, -0.2) is 9.78 Å². The lowest BCUT2D eigenvalue weighted by atomic mass is 9.84. The van der Waals surface area contributed by atoms with Crippen LogP contribution in [0.4, 0.5) is 10.8 Å². The maximum absolute atomic E-state index is 11.1. The van der Waals surface area contributed by atoms with E-state index in [1.807, 2.05) is 19.2 Å². The molecule has 0 aliphatic heterocycles. The number of nitrogens with zero attached hydrogens (tertiary/aromatic N) is 2. The van der Waals surface area contributed by atoms with E-state index in [1.165, 1.54) is 43.2 Å². The highest BCUT2D eigenvalue weighted by Crippen LogP contribution is 2.33. The molecule has 0 amide bonds. The zero-order valence-corrected chi connectivity index (χ0v) is 22.0. The summed E-state index contributed by atoms with van der Waals surface area (Å²) in [6.07, 6.45) is 6.80. The number of nitrogens with one attached hydrogen (secondary N) is 1. The topological polar surface area (TPSA) is 65.5 Å². The van der Waals surface area contributed by atoms with Crippen LogP contribution < -0.4 is 10.2 Å². The normalized spacial score (nSPS) is 13.9. The van der Waals surface area contributed by atoms with Crippen LogP contribution in [-0.4, -0.2) is 23.1 Å². The first kappa shape index (κ1) is 25.0. The molecule has 0 bridgehead atoms. The van der Waals surface area contributed by atoms with E-state index in [9.17, 15) is 4.79 Å². The maximum atomic E-state index is 11.1. The molecule has 5 nitrogen and oxygen atoms in total. The van der Waals surface area contributed by atoms with Gasteiger partial charge in [0.05, 0.1) is 11.3 Å². The van der Waals surface area contributed by atoms with Gasteiger partial charge in [-0.3, -0.25) is 0 Å². The number of rotatable bonds is 9. The molecule has 0 atom stereocenters. The highest BCUT2D eigenvalue weighted by Gasteiger charge is 2.15. The van der Waals surface area contributed by atoms with Crippen LogP contribution in [0.2, 0.25) is 0 Å². The van der Waals surface area contributed by atoms with Crippen LogP contribution in [0.15, 0.2) is 78.2 Å². The molecule has 1 fully saturated rings. The Hall–Kier alpha value is -3.64. The average molecular weight is 512 g/mol. The van der Waals surface area contributed by atoms with Gasteiger partial charge in [-0.2, -0.15) is 0 Å². The molecule has 0 radical (unpaired) electrons. The summed E-state index contributed by atoms with van der Waals surface area (Å²) in [7, 11) is 2.00. The standard InChI is InChI=1S/C31H33N3O2S/c1-34(20-23-9-13-27(14-10-23)30(35)36)31-33-29(21-37-31)26-15-17-28(18-16-26)32-19-22-7-11-25(12-8-22)24-5-3-2-4-6-24/h7-18,21,24,32H,2-6,19-20H2,1H3,(H,35,36). The Morgan fingerprint density at radius 3 is 2.30 bits per heavy atom. The van der Waals surface area contributed by atoms with Gasteiger partial charge in [0.1, 0.15) is 0 Å². The number of carbonyl (C=O) groups is 1. The Morgan fingerprint density at radius 1 is 0.946 bits per heavy atom. The lowest BCUT2D eigenvalue weighted by Gasteiger charge is -2.22. The van der Waals surface area contributed by atoms with Crippen molar-refractivity contribution in [2.45, 2.75) is 51.1 Å². The van der Waals surface area contributed by atoms with Crippen molar-refractivity contribution in [1.82, 2.24) is 4.98 Å². The summed E-state index contributed by atoms with van der Waals surface area (Å²) in [5, 5.41) is 15.6. The summed E-state index contributed by atoms with van der Waals surface area (Å²) in [6.45, 7) is 1.47. The second-order valence-electron chi connectivity index (χ2n) is 9.88. The average Bonchev–Trinajstić information content (AvgIpc) is 3.44. The minimum absolute atomic E-state index is 0.299. The molecular formula is C31H33N3O2S. The van der Waals surface area contributed by atoms with Crippen LogP contribution in [0.3, 0.4) is 0 Å². The summed E-state index contributed by atoms with van der Waals surface area (Å²) in [5.74, 6) is -0.158. The van der Waals surface area contributed by atoms with Gasteiger partial charge in [0.2, 0.25) is 0 Å². The first-order chi connectivity index (χ1) is 18.0. The van der Waals surface area contributed by atoms with Crippen molar-refractivity contribution >= 4 is 28.1 Å². The number of aromatic nitrogens is 1. The van der Waals surface area contributed by atoms with Gasteiger partial charge in [-0.15, -0.1) is 11.3 Å². The van der Waals surface area contributed by atoms with E-state index in [-0.39, 0.29) is 0 Å². The minimum Gasteiger partial charge on any atom is -0.478 e. The molecule has 3 aromatic carbocycles. The number of carboxylic acids is 1. The van der Waals surface area contributed by atoms with E-state index in [0.717, 1.165) is 40.1 Å². The number of anilines is 2. The molecular weight excluding hydrogens is 478 g/mol. The Balaban J connectivity index is 1.15. The second kappa shape index (κ2) is 11.6. The molecule has 1 heterocycles. The number of benzene rings is 3. The van der Waals surface area contributed by atoms with Crippen LogP contribution in [0.5, 0.6) is 0 Å². The third kappa shape index (κ3) is 6.38. The predicted molar refractivity (Wildman–Crippen MR) is 153 cm³/mol. The maximum Gasteiger partial charge on any atom is 0.335 e. The first-order valence-electron chi connectivity index (χ1n) is 13.0. The van der Waals surface area contributed by atoms with E-state index in [1.54, 1.807) is 23.5 Å². The highest BCUT2D eigenvalue weighted by molar-refractivity contribution is 7.14. The minimum atomic E-state index is -0.908. The molecule has 1 aromatic heterocycles. The van der Waals surface area contributed by atoms with E-state index in [0.29, 0.717) is 12.1 Å². The van der Waals surface area contributed by atoms with Crippen LogP contribution in [0.1, 0.15) is 65.1 Å². The summed E-state index contributed by atoms with van der Waals surface area (Å²) in [4.78, 5) is 18.0. The van der Waals surface area contributed by atoms with E-state index < -0.39 is 5.97 Å². The van der Waals surface area contributed by atoms with Gasteiger partial charge in [0, 0.05) is 36.8 Å². The van der Waals surface area contributed by atoms with E-state index in [2.05, 4.69) is 64.1 Å². The number of aromatic carboxylic acids is 1. The first-order valence-corrected chi connectivity index (χ1v) is 13.9. The zero-order valence-electron chi connectivity index (χ0n) is 21.2. The van der Waals surface area contributed by atoms with Crippen molar-refractivity contribution in [2.24, 2.45) is 0 Å². The molecule has 190 valence electrons. The lowest BCUT2D eigenvalue weighted by molar-refractivity contribution is 0.0697. The Morgan fingerprint density at radius 2 is 1.62 bits per heavy atom. The van der Waals surface area contributed by atoms with Crippen molar-refractivity contribution in [3.63, 3.8) is 0 Å². The van der Waals surface area contributed by atoms with Crippen LogP contribution in [0, 0.1) is 0 Å². The number of hydrogen-bond acceptors (Lipinski definition) is 5. The third-order valence-corrected chi connectivity index (χ3v) is 8.13.